The van der Waals surface area contributed by atoms with Gasteiger partial charge in [-0.1, -0.05) is 11.3 Å². The Morgan fingerprint density at radius 1 is 1.29 bits per heavy atom. The van der Waals surface area contributed by atoms with Gasteiger partial charge in [0.15, 0.2) is 4.96 Å². The molecule has 1 N–H and O–H groups in total. The quantitative estimate of drug-likeness (QED) is 0.627. The van der Waals surface area contributed by atoms with Crippen LogP contribution < -0.4 is 5.32 Å². The number of aromatic nitrogens is 5. The standard InChI is InChI=1S/C12H10N6OS2/c1-7(8-5-18-12(15-8)21-6-13-18)14-10(19)9-4-17-2-3-20-11(17)16-9/h2-7H,1H3,(H,14,19)/t7-/m0/s1. The zero-order chi connectivity index (χ0) is 14.4. The molecule has 0 saturated carbocycles. The third-order valence-electron chi connectivity index (χ3n) is 3.12. The lowest BCUT2D eigenvalue weighted by atomic mass is 10.2. The number of fused-ring (bicyclic) bond motifs is 2. The molecule has 0 fully saturated rings. The van der Waals surface area contributed by atoms with E-state index in [-0.39, 0.29) is 11.9 Å². The molecule has 0 aliphatic carbocycles. The number of hydrogen-bond donors (Lipinski definition) is 1. The molecule has 4 aromatic heterocycles. The van der Waals surface area contributed by atoms with Gasteiger partial charge in [0.25, 0.3) is 5.91 Å². The first-order valence-electron chi connectivity index (χ1n) is 6.22. The van der Waals surface area contributed by atoms with Gasteiger partial charge in [0.1, 0.15) is 11.2 Å². The number of nitrogens with one attached hydrogen (secondary N) is 1. The Kier molecular flexibility index (Phi) is 2.76. The summed E-state index contributed by atoms with van der Waals surface area (Å²) in [6.45, 7) is 1.89. The van der Waals surface area contributed by atoms with Gasteiger partial charge in [0.05, 0.1) is 17.9 Å². The molecular formula is C12H10N6OS2. The lowest BCUT2D eigenvalue weighted by Crippen LogP contribution is -2.27. The summed E-state index contributed by atoms with van der Waals surface area (Å²) >= 11 is 2.95. The molecule has 0 saturated heterocycles. The van der Waals surface area contributed by atoms with Crippen molar-refractivity contribution >= 4 is 38.5 Å². The summed E-state index contributed by atoms with van der Waals surface area (Å²) in [6, 6.07) is -0.203. The molecule has 1 amide bonds. The van der Waals surface area contributed by atoms with Crippen molar-refractivity contribution in [2.24, 2.45) is 0 Å². The van der Waals surface area contributed by atoms with Crippen LogP contribution in [0.2, 0.25) is 0 Å². The fourth-order valence-electron chi connectivity index (χ4n) is 2.05. The topological polar surface area (TPSA) is 76.6 Å². The number of hydrogen-bond acceptors (Lipinski definition) is 6. The second-order valence-electron chi connectivity index (χ2n) is 4.55. The van der Waals surface area contributed by atoms with Crippen LogP contribution in [0.3, 0.4) is 0 Å². The van der Waals surface area contributed by atoms with E-state index in [0.29, 0.717) is 5.69 Å². The molecule has 4 rings (SSSR count). The normalized spacial score (nSPS) is 13.0. The first-order chi connectivity index (χ1) is 10.2. The van der Waals surface area contributed by atoms with Crippen LogP contribution in [0.5, 0.6) is 0 Å². The average molecular weight is 318 g/mol. The van der Waals surface area contributed by atoms with E-state index in [9.17, 15) is 4.79 Å². The number of nitrogens with zero attached hydrogens (tertiary/aromatic N) is 5. The summed E-state index contributed by atoms with van der Waals surface area (Å²) in [6.07, 6.45) is 5.42. The molecule has 0 spiro atoms. The number of rotatable bonds is 3. The minimum atomic E-state index is -0.206. The van der Waals surface area contributed by atoms with Crippen molar-refractivity contribution in [1.29, 1.82) is 0 Å². The van der Waals surface area contributed by atoms with Crippen LogP contribution in [0.15, 0.2) is 29.5 Å². The van der Waals surface area contributed by atoms with E-state index in [0.717, 1.165) is 15.6 Å². The summed E-state index contributed by atoms with van der Waals surface area (Å²) in [5.74, 6) is -0.206. The Bertz CT molecular complexity index is 875. The van der Waals surface area contributed by atoms with Crippen LogP contribution in [0.1, 0.15) is 29.1 Å². The van der Waals surface area contributed by atoms with Crippen LogP contribution in [-0.4, -0.2) is 29.9 Å². The maximum Gasteiger partial charge on any atom is 0.272 e. The highest BCUT2D eigenvalue weighted by atomic mass is 32.1. The monoisotopic (exact) mass is 318 g/mol. The first kappa shape index (κ1) is 12.5. The van der Waals surface area contributed by atoms with Crippen LogP contribution in [0, 0.1) is 0 Å². The number of carbonyl (C=O) groups excluding carboxylic acids is 1. The smallest absolute Gasteiger partial charge is 0.272 e. The van der Waals surface area contributed by atoms with Gasteiger partial charge in [-0.05, 0) is 6.92 Å². The highest BCUT2D eigenvalue weighted by Gasteiger charge is 2.17. The van der Waals surface area contributed by atoms with E-state index < -0.39 is 0 Å². The maximum atomic E-state index is 12.2. The second kappa shape index (κ2) is 4.64. The van der Waals surface area contributed by atoms with Crippen LogP contribution in [0.4, 0.5) is 0 Å². The Labute approximate surface area is 126 Å². The van der Waals surface area contributed by atoms with Gasteiger partial charge in [-0.2, -0.15) is 5.10 Å². The average Bonchev–Trinajstić information content (AvgIpc) is 3.16. The fraction of sp³-hybridized carbons (Fsp3) is 0.167. The summed E-state index contributed by atoms with van der Waals surface area (Å²) in [4.78, 5) is 22.6. The minimum Gasteiger partial charge on any atom is -0.342 e. The molecule has 0 aliphatic heterocycles. The lowest BCUT2D eigenvalue weighted by Gasteiger charge is -2.09. The molecule has 0 unspecified atom stereocenters. The largest absolute Gasteiger partial charge is 0.342 e. The zero-order valence-electron chi connectivity index (χ0n) is 10.9. The van der Waals surface area contributed by atoms with E-state index >= 15 is 0 Å². The molecule has 106 valence electrons. The maximum absolute atomic E-state index is 12.2. The third-order valence-corrected chi connectivity index (χ3v) is 4.58. The third kappa shape index (κ3) is 2.10. The summed E-state index contributed by atoms with van der Waals surface area (Å²) in [5, 5.41) is 8.96. The molecule has 21 heavy (non-hydrogen) atoms. The number of imidazole rings is 2. The molecule has 1 atom stereocenters. The molecule has 7 nitrogen and oxygen atoms in total. The van der Waals surface area contributed by atoms with Crippen LogP contribution >= 0.6 is 22.7 Å². The second-order valence-corrected chi connectivity index (χ2v) is 6.23. The van der Waals surface area contributed by atoms with Crippen molar-refractivity contribution in [3.05, 3.63) is 40.9 Å². The van der Waals surface area contributed by atoms with E-state index in [1.165, 1.54) is 22.7 Å². The first-order valence-corrected chi connectivity index (χ1v) is 7.98. The van der Waals surface area contributed by atoms with Crippen molar-refractivity contribution in [1.82, 2.24) is 29.3 Å². The van der Waals surface area contributed by atoms with Gasteiger partial charge in [0, 0.05) is 17.8 Å². The van der Waals surface area contributed by atoms with E-state index in [2.05, 4.69) is 20.4 Å². The Hall–Kier alpha value is -2.26. The molecule has 4 aromatic rings. The Balaban J connectivity index is 1.55. The van der Waals surface area contributed by atoms with Gasteiger partial charge in [-0.25, -0.2) is 14.5 Å². The highest BCUT2D eigenvalue weighted by Crippen LogP contribution is 2.16. The van der Waals surface area contributed by atoms with Crippen molar-refractivity contribution < 1.29 is 4.79 Å². The van der Waals surface area contributed by atoms with Gasteiger partial charge in [0.2, 0.25) is 4.96 Å². The number of carbonyl (C=O) groups is 1. The summed E-state index contributed by atoms with van der Waals surface area (Å²) in [7, 11) is 0. The predicted octanol–water partition coefficient (Wildman–Crippen LogP) is 1.99. The predicted molar refractivity (Wildman–Crippen MR) is 79.8 cm³/mol. The lowest BCUT2D eigenvalue weighted by molar-refractivity contribution is 0.0935. The van der Waals surface area contributed by atoms with Gasteiger partial charge in [-0.3, -0.25) is 9.20 Å². The van der Waals surface area contributed by atoms with Gasteiger partial charge in [-0.15, -0.1) is 11.3 Å². The van der Waals surface area contributed by atoms with Gasteiger partial charge >= 0.3 is 0 Å². The molecule has 9 heteroatoms. The van der Waals surface area contributed by atoms with Crippen molar-refractivity contribution in [2.75, 3.05) is 0 Å². The zero-order valence-corrected chi connectivity index (χ0v) is 12.6. The van der Waals surface area contributed by atoms with E-state index in [1.54, 1.807) is 16.2 Å². The molecule has 0 aromatic carbocycles. The van der Waals surface area contributed by atoms with Crippen LogP contribution in [-0.2, 0) is 0 Å². The van der Waals surface area contributed by atoms with Crippen molar-refractivity contribution in [2.45, 2.75) is 13.0 Å². The van der Waals surface area contributed by atoms with Gasteiger partial charge < -0.3 is 5.32 Å². The molecule has 0 radical (unpaired) electrons. The Morgan fingerprint density at radius 2 is 2.19 bits per heavy atom. The Morgan fingerprint density at radius 3 is 3.00 bits per heavy atom. The van der Waals surface area contributed by atoms with Crippen LogP contribution in [0.25, 0.3) is 9.92 Å². The highest BCUT2D eigenvalue weighted by molar-refractivity contribution is 7.15. The number of amides is 1. The summed E-state index contributed by atoms with van der Waals surface area (Å²) in [5.41, 5.74) is 2.92. The molecular weight excluding hydrogens is 308 g/mol. The fourth-order valence-corrected chi connectivity index (χ4v) is 3.35. The molecule has 0 bridgehead atoms. The number of thiazole rings is 1. The van der Waals surface area contributed by atoms with E-state index in [4.69, 9.17) is 0 Å². The molecule has 0 aliphatic rings. The minimum absolute atomic E-state index is 0.203. The SMILES string of the molecule is C[C@H](NC(=O)c1cn2ccsc2n1)c1cn2ncsc2n1. The van der Waals surface area contributed by atoms with E-state index in [1.807, 2.05) is 29.1 Å². The summed E-state index contributed by atoms with van der Waals surface area (Å²) < 4.78 is 3.54. The van der Waals surface area contributed by atoms with Crippen molar-refractivity contribution in [3.63, 3.8) is 0 Å². The molecule has 4 heterocycles. The van der Waals surface area contributed by atoms with Crippen molar-refractivity contribution in [3.8, 4) is 0 Å².